The molecule has 1 heterocycles. The number of halogens is 1. The van der Waals surface area contributed by atoms with E-state index < -0.39 is 5.97 Å². The minimum absolute atomic E-state index is 0.236. The fraction of sp³-hybridized carbons (Fsp3) is 0.120. The van der Waals surface area contributed by atoms with Gasteiger partial charge in [-0.3, -0.25) is 4.79 Å². The van der Waals surface area contributed by atoms with Gasteiger partial charge in [-0.2, -0.15) is 0 Å². The molecule has 6 heteroatoms. The summed E-state index contributed by atoms with van der Waals surface area (Å²) in [6.07, 6.45) is 0. The number of carbonyl (C=O) groups is 2. The summed E-state index contributed by atoms with van der Waals surface area (Å²) in [5.41, 5.74) is 2.80. The number of nitrogens with zero attached hydrogens (tertiary/aromatic N) is 1. The summed E-state index contributed by atoms with van der Waals surface area (Å²) < 4.78 is 12.8. The van der Waals surface area contributed by atoms with Gasteiger partial charge in [0.1, 0.15) is 11.4 Å². The van der Waals surface area contributed by atoms with Gasteiger partial charge in [0.2, 0.25) is 0 Å². The van der Waals surface area contributed by atoms with Gasteiger partial charge in [-0.1, -0.05) is 48.5 Å². The van der Waals surface area contributed by atoms with E-state index in [1.165, 1.54) is 7.11 Å². The Morgan fingerprint density at radius 1 is 0.935 bits per heavy atom. The molecule has 0 saturated carbocycles. The highest BCUT2D eigenvalue weighted by molar-refractivity contribution is 9.10. The first-order valence-corrected chi connectivity index (χ1v) is 10.5. The fourth-order valence-corrected chi connectivity index (χ4v) is 4.25. The van der Waals surface area contributed by atoms with E-state index in [2.05, 4.69) is 15.9 Å². The molecule has 4 rings (SSSR count). The SMILES string of the molecule is COC(=O)c1c(C(=O)c2ccc(OC)cc2Br)c2ccccc2n1Cc1ccccc1. The van der Waals surface area contributed by atoms with Crippen molar-refractivity contribution in [2.45, 2.75) is 6.54 Å². The molecule has 0 aliphatic carbocycles. The van der Waals surface area contributed by atoms with Crippen LogP contribution < -0.4 is 4.74 Å². The highest BCUT2D eigenvalue weighted by atomic mass is 79.9. The maximum absolute atomic E-state index is 13.7. The lowest BCUT2D eigenvalue weighted by Crippen LogP contribution is -2.16. The topological polar surface area (TPSA) is 57.5 Å². The van der Waals surface area contributed by atoms with Crippen molar-refractivity contribution in [1.29, 1.82) is 0 Å². The molecule has 0 aliphatic rings. The number of para-hydroxylation sites is 1. The van der Waals surface area contributed by atoms with Gasteiger partial charge < -0.3 is 14.0 Å². The molecule has 0 fully saturated rings. The molecule has 4 aromatic rings. The summed E-state index contributed by atoms with van der Waals surface area (Å²) in [7, 11) is 2.89. The number of benzene rings is 3. The standard InChI is InChI=1S/C25H20BrNO4/c1-30-17-12-13-18(20(26)14-17)24(28)22-19-10-6-7-11-21(19)27(23(22)25(29)31-2)15-16-8-4-3-5-9-16/h3-14H,15H2,1-2H3. The molecule has 0 amide bonds. The minimum atomic E-state index is -0.555. The van der Waals surface area contributed by atoms with Crippen molar-refractivity contribution in [3.8, 4) is 5.75 Å². The van der Waals surface area contributed by atoms with Gasteiger partial charge in [0, 0.05) is 27.5 Å². The molecule has 0 N–H and O–H groups in total. The molecule has 0 spiro atoms. The summed E-state index contributed by atoms with van der Waals surface area (Å²) in [4.78, 5) is 26.6. The number of carbonyl (C=O) groups excluding carboxylic acids is 2. The largest absolute Gasteiger partial charge is 0.497 e. The maximum Gasteiger partial charge on any atom is 0.355 e. The van der Waals surface area contributed by atoms with Crippen LogP contribution in [0.4, 0.5) is 0 Å². The van der Waals surface area contributed by atoms with Gasteiger partial charge >= 0.3 is 5.97 Å². The summed E-state index contributed by atoms with van der Waals surface area (Å²) >= 11 is 3.47. The van der Waals surface area contributed by atoms with Gasteiger partial charge in [-0.15, -0.1) is 0 Å². The van der Waals surface area contributed by atoms with Crippen molar-refractivity contribution in [2.75, 3.05) is 14.2 Å². The van der Waals surface area contributed by atoms with Crippen LogP contribution in [0.25, 0.3) is 10.9 Å². The number of ether oxygens (including phenoxy) is 2. The third-order valence-corrected chi connectivity index (χ3v) is 5.84. The summed E-state index contributed by atoms with van der Waals surface area (Å²) in [6.45, 7) is 0.433. The van der Waals surface area contributed by atoms with Crippen molar-refractivity contribution in [3.63, 3.8) is 0 Å². The van der Waals surface area contributed by atoms with Crippen molar-refractivity contribution in [2.24, 2.45) is 0 Å². The van der Waals surface area contributed by atoms with Crippen LogP contribution in [0, 0.1) is 0 Å². The molecule has 0 bridgehead atoms. The van der Waals surface area contributed by atoms with Crippen molar-refractivity contribution in [1.82, 2.24) is 4.57 Å². The predicted molar refractivity (Wildman–Crippen MR) is 123 cm³/mol. The van der Waals surface area contributed by atoms with E-state index in [0.29, 0.717) is 33.3 Å². The average Bonchev–Trinajstić information content (AvgIpc) is 3.12. The first-order valence-electron chi connectivity index (χ1n) is 9.67. The van der Waals surface area contributed by atoms with E-state index in [-0.39, 0.29) is 11.5 Å². The van der Waals surface area contributed by atoms with Gasteiger partial charge in [0.25, 0.3) is 0 Å². The number of hydrogen-bond acceptors (Lipinski definition) is 4. The van der Waals surface area contributed by atoms with Gasteiger partial charge in [0.05, 0.1) is 19.8 Å². The molecule has 156 valence electrons. The van der Waals surface area contributed by atoms with Crippen molar-refractivity contribution >= 4 is 38.6 Å². The highest BCUT2D eigenvalue weighted by Crippen LogP contribution is 2.33. The Bertz CT molecular complexity index is 1280. The summed E-state index contributed by atoms with van der Waals surface area (Å²) in [5.74, 6) is -0.193. The highest BCUT2D eigenvalue weighted by Gasteiger charge is 2.29. The van der Waals surface area contributed by atoms with Gasteiger partial charge in [-0.05, 0) is 45.8 Å². The molecule has 3 aromatic carbocycles. The van der Waals surface area contributed by atoms with E-state index in [1.54, 1.807) is 25.3 Å². The van der Waals surface area contributed by atoms with E-state index in [1.807, 2.05) is 59.2 Å². The van der Waals surface area contributed by atoms with Gasteiger partial charge in [-0.25, -0.2) is 4.79 Å². The first kappa shape index (κ1) is 20.9. The molecule has 0 saturated heterocycles. The maximum atomic E-state index is 13.7. The van der Waals surface area contributed by atoms with Crippen LogP contribution in [0.3, 0.4) is 0 Å². The van der Waals surface area contributed by atoms with Crippen LogP contribution in [-0.4, -0.2) is 30.5 Å². The smallest absolute Gasteiger partial charge is 0.355 e. The van der Waals surface area contributed by atoms with Crippen LogP contribution in [-0.2, 0) is 11.3 Å². The van der Waals surface area contributed by atoms with E-state index >= 15 is 0 Å². The Kier molecular flexibility index (Phi) is 5.91. The molecular formula is C25H20BrNO4. The quantitative estimate of drug-likeness (QED) is 0.272. The number of hydrogen-bond donors (Lipinski definition) is 0. The van der Waals surface area contributed by atoms with Crippen LogP contribution in [0.15, 0.2) is 77.3 Å². The second-order valence-electron chi connectivity index (χ2n) is 6.98. The Morgan fingerprint density at radius 3 is 2.32 bits per heavy atom. The first-order chi connectivity index (χ1) is 15.0. The molecule has 0 unspecified atom stereocenters. The van der Waals surface area contributed by atoms with Crippen LogP contribution in [0.1, 0.15) is 32.0 Å². The zero-order chi connectivity index (χ0) is 22.0. The normalized spacial score (nSPS) is 10.8. The monoisotopic (exact) mass is 477 g/mol. The summed E-state index contributed by atoms with van der Waals surface area (Å²) in [5, 5.41) is 0.701. The van der Waals surface area contributed by atoms with Crippen LogP contribution in [0.2, 0.25) is 0 Å². The number of aromatic nitrogens is 1. The molecule has 5 nitrogen and oxygen atoms in total. The molecule has 0 radical (unpaired) electrons. The van der Waals surface area contributed by atoms with Crippen molar-refractivity contribution in [3.05, 3.63) is 99.7 Å². The lowest BCUT2D eigenvalue weighted by atomic mass is 10.00. The Morgan fingerprint density at radius 2 is 1.65 bits per heavy atom. The number of rotatable bonds is 6. The van der Waals surface area contributed by atoms with Crippen LogP contribution >= 0.6 is 15.9 Å². The number of esters is 1. The second-order valence-corrected chi connectivity index (χ2v) is 7.83. The fourth-order valence-electron chi connectivity index (χ4n) is 3.71. The zero-order valence-corrected chi connectivity index (χ0v) is 18.7. The molecule has 1 aromatic heterocycles. The number of ketones is 1. The van der Waals surface area contributed by atoms with Gasteiger partial charge in [0.15, 0.2) is 5.78 Å². The Balaban J connectivity index is 1.96. The Labute approximate surface area is 188 Å². The third-order valence-electron chi connectivity index (χ3n) is 5.18. The second kappa shape index (κ2) is 8.78. The lowest BCUT2D eigenvalue weighted by molar-refractivity contribution is 0.0586. The molecule has 31 heavy (non-hydrogen) atoms. The van der Waals surface area contributed by atoms with Crippen LogP contribution in [0.5, 0.6) is 5.75 Å². The molecule has 0 atom stereocenters. The average molecular weight is 478 g/mol. The predicted octanol–water partition coefficient (Wildman–Crippen LogP) is 5.48. The lowest BCUT2D eigenvalue weighted by Gasteiger charge is -2.11. The third kappa shape index (κ3) is 3.86. The zero-order valence-electron chi connectivity index (χ0n) is 17.1. The van der Waals surface area contributed by atoms with E-state index in [4.69, 9.17) is 9.47 Å². The number of methoxy groups -OCH3 is 2. The minimum Gasteiger partial charge on any atom is -0.497 e. The molecule has 0 aliphatic heterocycles. The van der Waals surface area contributed by atoms with E-state index in [0.717, 1.165) is 11.1 Å². The van der Waals surface area contributed by atoms with E-state index in [9.17, 15) is 9.59 Å². The Hall–Kier alpha value is -3.38. The van der Waals surface area contributed by atoms with Crippen molar-refractivity contribution < 1.29 is 19.1 Å². The molecular weight excluding hydrogens is 458 g/mol. The number of fused-ring (bicyclic) bond motifs is 1. The summed E-state index contributed by atoms with van der Waals surface area (Å²) in [6, 6.07) is 22.4.